The summed E-state index contributed by atoms with van der Waals surface area (Å²) in [5, 5.41) is 8.91. The smallest absolute Gasteiger partial charge is 0.137 e. The first-order valence-electron chi connectivity index (χ1n) is 6.47. The van der Waals surface area contributed by atoms with E-state index in [2.05, 4.69) is 15.3 Å². The first kappa shape index (κ1) is 13.1. The Morgan fingerprint density at radius 1 is 1.15 bits per heavy atom. The molecule has 2 N–H and O–H groups in total. The predicted octanol–water partition coefficient (Wildman–Crippen LogP) is 1.52. The highest BCUT2D eigenvalue weighted by atomic mass is 35.5. The van der Waals surface area contributed by atoms with Crippen molar-refractivity contribution in [3.05, 3.63) is 47.1 Å². The normalized spacial score (nSPS) is 11.3. The molecule has 0 aromatic carbocycles. The molecule has 0 radical (unpaired) electrons. The van der Waals surface area contributed by atoms with Crippen LogP contribution in [0.1, 0.15) is 17.8 Å². The number of nitrogens with two attached hydrogens (primary N) is 1. The Morgan fingerprint density at radius 2 is 2.05 bits per heavy atom. The van der Waals surface area contributed by atoms with Gasteiger partial charge in [-0.3, -0.25) is 0 Å². The van der Waals surface area contributed by atoms with Crippen LogP contribution in [-0.2, 0) is 13.0 Å². The number of hydrogen-bond donors (Lipinski definition) is 1. The van der Waals surface area contributed by atoms with Crippen LogP contribution >= 0.6 is 11.6 Å². The molecule has 3 aromatic heterocycles. The Labute approximate surface area is 121 Å². The number of pyridine rings is 1. The molecule has 7 heteroatoms. The maximum absolute atomic E-state index is 5.95. The predicted molar refractivity (Wildman–Crippen MR) is 76.7 cm³/mol. The van der Waals surface area contributed by atoms with Crippen LogP contribution in [0.2, 0.25) is 5.02 Å². The van der Waals surface area contributed by atoms with Crippen molar-refractivity contribution in [2.24, 2.45) is 5.73 Å². The van der Waals surface area contributed by atoms with Gasteiger partial charge in [0.15, 0.2) is 0 Å². The summed E-state index contributed by atoms with van der Waals surface area (Å²) in [5.41, 5.74) is 8.23. The standard InChI is InChI=1S/C13H15ClN6/c14-10-3-4-13-16-12(7-19(13)6-10)9-20-8-11(17-18-20)2-1-5-15/h3-4,6-8H,1-2,5,9,15H2. The van der Waals surface area contributed by atoms with Crippen molar-refractivity contribution in [2.45, 2.75) is 19.4 Å². The summed E-state index contributed by atoms with van der Waals surface area (Å²) in [6, 6.07) is 3.72. The van der Waals surface area contributed by atoms with Gasteiger partial charge in [0.25, 0.3) is 0 Å². The number of imidazole rings is 1. The topological polar surface area (TPSA) is 74.0 Å². The summed E-state index contributed by atoms with van der Waals surface area (Å²) in [7, 11) is 0. The van der Waals surface area contributed by atoms with Gasteiger partial charge in [0.1, 0.15) is 5.65 Å². The van der Waals surface area contributed by atoms with Gasteiger partial charge in [-0.05, 0) is 31.5 Å². The molecule has 6 nitrogen and oxygen atoms in total. The lowest BCUT2D eigenvalue weighted by Gasteiger charge is -1.94. The molecule has 0 spiro atoms. The van der Waals surface area contributed by atoms with Crippen LogP contribution in [0, 0.1) is 0 Å². The van der Waals surface area contributed by atoms with E-state index < -0.39 is 0 Å². The van der Waals surface area contributed by atoms with E-state index in [9.17, 15) is 0 Å². The maximum atomic E-state index is 5.95. The molecular weight excluding hydrogens is 276 g/mol. The lowest BCUT2D eigenvalue weighted by atomic mass is 10.2. The van der Waals surface area contributed by atoms with Crippen LogP contribution in [0.3, 0.4) is 0 Å². The van der Waals surface area contributed by atoms with Gasteiger partial charge in [-0.1, -0.05) is 16.8 Å². The summed E-state index contributed by atoms with van der Waals surface area (Å²) in [6.07, 6.45) is 7.50. The number of fused-ring (bicyclic) bond motifs is 1. The second-order valence-corrected chi connectivity index (χ2v) is 5.08. The lowest BCUT2D eigenvalue weighted by molar-refractivity contribution is 0.640. The number of halogens is 1. The molecule has 0 aliphatic heterocycles. The van der Waals surface area contributed by atoms with E-state index in [1.54, 1.807) is 4.68 Å². The maximum Gasteiger partial charge on any atom is 0.137 e. The average Bonchev–Trinajstić information content (AvgIpc) is 3.02. The molecule has 0 aliphatic carbocycles. The van der Waals surface area contributed by atoms with Crippen molar-refractivity contribution in [3.8, 4) is 0 Å². The minimum absolute atomic E-state index is 0.592. The molecule has 0 saturated heterocycles. The number of rotatable bonds is 5. The van der Waals surface area contributed by atoms with E-state index in [4.69, 9.17) is 17.3 Å². The number of hydrogen-bond acceptors (Lipinski definition) is 4. The highest BCUT2D eigenvalue weighted by Crippen LogP contribution is 2.12. The van der Waals surface area contributed by atoms with E-state index in [-0.39, 0.29) is 0 Å². The molecule has 0 fully saturated rings. The quantitative estimate of drug-likeness (QED) is 0.773. The summed E-state index contributed by atoms with van der Waals surface area (Å²) in [6.45, 7) is 1.26. The largest absolute Gasteiger partial charge is 0.330 e. The molecule has 3 aromatic rings. The zero-order valence-corrected chi connectivity index (χ0v) is 11.7. The van der Waals surface area contributed by atoms with E-state index >= 15 is 0 Å². The van der Waals surface area contributed by atoms with Crippen molar-refractivity contribution in [3.63, 3.8) is 0 Å². The van der Waals surface area contributed by atoms with Crippen LogP contribution in [-0.4, -0.2) is 30.9 Å². The molecular formula is C13H15ClN6. The molecule has 20 heavy (non-hydrogen) atoms. The van der Waals surface area contributed by atoms with Gasteiger partial charge in [0.2, 0.25) is 0 Å². The minimum atomic E-state index is 0.592. The third-order valence-corrected chi connectivity index (χ3v) is 3.24. The van der Waals surface area contributed by atoms with Crippen LogP contribution in [0.15, 0.2) is 30.7 Å². The Balaban J connectivity index is 1.76. The third-order valence-electron chi connectivity index (χ3n) is 3.01. The van der Waals surface area contributed by atoms with Crippen molar-refractivity contribution in [2.75, 3.05) is 6.54 Å². The average molecular weight is 291 g/mol. The zero-order valence-electron chi connectivity index (χ0n) is 10.9. The number of nitrogens with zero attached hydrogens (tertiary/aromatic N) is 5. The molecule has 0 aliphatic rings. The molecule has 0 bridgehead atoms. The second kappa shape index (κ2) is 5.60. The highest BCUT2D eigenvalue weighted by Gasteiger charge is 2.05. The Bertz CT molecular complexity index is 717. The SMILES string of the molecule is NCCCc1cn(Cc2cn3cc(Cl)ccc3n2)nn1. The van der Waals surface area contributed by atoms with Gasteiger partial charge in [-0.2, -0.15) is 0 Å². The van der Waals surface area contributed by atoms with Gasteiger partial charge in [0.05, 0.1) is 23.0 Å². The minimum Gasteiger partial charge on any atom is -0.330 e. The van der Waals surface area contributed by atoms with Gasteiger partial charge >= 0.3 is 0 Å². The van der Waals surface area contributed by atoms with E-state index in [1.807, 2.05) is 35.1 Å². The second-order valence-electron chi connectivity index (χ2n) is 4.64. The first-order chi connectivity index (χ1) is 9.74. The number of aryl methyl sites for hydroxylation is 1. The van der Waals surface area contributed by atoms with E-state index in [0.29, 0.717) is 18.1 Å². The number of aromatic nitrogens is 5. The fourth-order valence-corrected chi connectivity index (χ4v) is 2.24. The monoisotopic (exact) mass is 290 g/mol. The van der Waals surface area contributed by atoms with Crippen molar-refractivity contribution in [1.29, 1.82) is 0 Å². The Morgan fingerprint density at radius 3 is 2.90 bits per heavy atom. The van der Waals surface area contributed by atoms with Crippen molar-refractivity contribution in [1.82, 2.24) is 24.4 Å². The van der Waals surface area contributed by atoms with Gasteiger partial charge < -0.3 is 10.1 Å². The molecule has 0 amide bonds. The van der Waals surface area contributed by atoms with Crippen LogP contribution in [0.4, 0.5) is 0 Å². The Kier molecular flexibility index (Phi) is 3.66. The molecule has 0 unspecified atom stereocenters. The fraction of sp³-hybridized carbons (Fsp3) is 0.308. The molecule has 104 valence electrons. The van der Waals surface area contributed by atoms with Gasteiger partial charge in [-0.25, -0.2) is 9.67 Å². The van der Waals surface area contributed by atoms with E-state index in [0.717, 1.165) is 29.9 Å². The van der Waals surface area contributed by atoms with Crippen molar-refractivity contribution >= 4 is 17.2 Å². The third kappa shape index (κ3) is 2.81. The molecule has 0 saturated carbocycles. The zero-order chi connectivity index (χ0) is 13.9. The molecule has 0 atom stereocenters. The summed E-state index contributed by atoms with van der Waals surface area (Å²) < 4.78 is 3.69. The van der Waals surface area contributed by atoms with Crippen LogP contribution < -0.4 is 5.73 Å². The van der Waals surface area contributed by atoms with Crippen LogP contribution in [0.25, 0.3) is 5.65 Å². The van der Waals surface area contributed by atoms with Gasteiger partial charge in [0, 0.05) is 18.6 Å². The summed E-state index contributed by atoms with van der Waals surface area (Å²) >= 11 is 5.95. The molecule has 3 heterocycles. The fourth-order valence-electron chi connectivity index (χ4n) is 2.07. The van der Waals surface area contributed by atoms with Crippen molar-refractivity contribution < 1.29 is 0 Å². The lowest BCUT2D eigenvalue weighted by Crippen LogP contribution is -2.01. The van der Waals surface area contributed by atoms with Crippen LogP contribution in [0.5, 0.6) is 0 Å². The molecule has 3 rings (SSSR count). The summed E-state index contributed by atoms with van der Waals surface area (Å²) in [5.74, 6) is 0. The first-order valence-corrected chi connectivity index (χ1v) is 6.84. The van der Waals surface area contributed by atoms with Gasteiger partial charge in [-0.15, -0.1) is 5.10 Å². The summed E-state index contributed by atoms with van der Waals surface area (Å²) in [4.78, 5) is 4.52. The Hall–Kier alpha value is -1.92. The van der Waals surface area contributed by atoms with E-state index in [1.165, 1.54) is 0 Å². The highest BCUT2D eigenvalue weighted by molar-refractivity contribution is 6.30.